The van der Waals surface area contributed by atoms with Crippen LogP contribution in [0.15, 0.2) is 0 Å². The van der Waals surface area contributed by atoms with Gasteiger partial charge in [-0.3, -0.25) is 9.69 Å². The Morgan fingerprint density at radius 2 is 2.22 bits per heavy atom. The Bertz CT molecular complexity index is 345. The summed E-state index contributed by atoms with van der Waals surface area (Å²) in [6, 6.07) is -0.228. The monoisotopic (exact) mass is 253 g/mol. The first-order chi connectivity index (χ1) is 8.65. The van der Waals surface area contributed by atoms with E-state index < -0.39 is 5.54 Å². The highest BCUT2D eigenvalue weighted by Gasteiger charge is 2.55. The molecule has 1 aliphatic heterocycles. The summed E-state index contributed by atoms with van der Waals surface area (Å²) in [5.41, 5.74) is 5.09. The summed E-state index contributed by atoms with van der Waals surface area (Å²) >= 11 is 0. The van der Waals surface area contributed by atoms with Crippen LogP contribution < -0.4 is 11.1 Å². The van der Waals surface area contributed by atoms with Crippen LogP contribution in [-0.2, 0) is 4.79 Å². The van der Waals surface area contributed by atoms with Crippen LogP contribution in [0, 0.1) is 5.92 Å². The summed E-state index contributed by atoms with van der Waals surface area (Å²) in [6.07, 6.45) is 5.60. The largest absolute Gasteiger partial charge is 0.330 e. The maximum absolute atomic E-state index is 12.6. The number of hydrogen-bond acceptors (Lipinski definition) is 3. The third-order valence-electron chi connectivity index (χ3n) is 4.29. The molecule has 1 aliphatic carbocycles. The molecule has 1 saturated heterocycles. The average Bonchev–Trinajstić information content (AvgIpc) is 2.60. The van der Waals surface area contributed by atoms with E-state index in [1.807, 2.05) is 0 Å². The Balaban J connectivity index is 2.18. The predicted molar refractivity (Wildman–Crippen MR) is 68.9 cm³/mol. The molecule has 0 bridgehead atoms. The highest BCUT2D eigenvalue weighted by atomic mass is 16.2. The van der Waals surface area contributed by atoms with E-state index in [0.29, 0.717) is 13.1 Å². The summed E-state index contributed by atoms with van der Waals surface area (Å²) in [4.78, 5) is 25.9. The van der Waals surface area contributed by atoms with Crippen LogP contribution >= 0.6 is 0 Å². The first-order valence-electron chi connectivity index (χ1n) is 7.00. The van der Waals surface area contributed by atoms with Crippen molar-refractivity contribution in [3.8, 4) is 0 Å². The standard InChI is InChI=1S/C13H23N3O2/c1-2-3-8-16-11(17)13(15-12(16)18)7-5-4-6-10(13)9-14/h10H,2-9,14H2,1H3,(H,15,18). The van der Waals surface area contributed by atoms with Crippen molar-refractivity contribution < 1.29 is 9.59 Å². The number of hydrogen-bond donors (Lipinski definition) is 2. The summed E-state index contributed by atoms with van der Waals surface area (Å²) in [7, 11) is 0. The Morgan fingerprint density at radius 3 is 2.89 bits per heavy atom. The summed E-state index contributed by atoms with van der Waals surface area (Å²) in [5, 5.41) is 2.94. The van der Waals surface area contributed by atoms with Gasteiger partial charge in [-0.05, 0) is 25.8 Å². The van der Waals surface area contributed by atoms with Crippen LogP contribution in [-0.4, -0.2) is 35.5 Å². The fraction of sp³-hybridized carbons (Fsp3) is 0.846. The molecular formula is C13H23N3O2. The molecule has 3 amide bonds. The Kier molecular flexibility index (Phi) is 3.90. The minimum Gasteiger partial charge on any atom is -0.330 e. The maximum Gasteiger partial charge on any atom is 0.325 e. The number of nitrogens with two attached hydrogens (primary N) is 1. The fourth-order valence-corrected chi connectivity index (χ4v) is 3.17. The van der Waals surface area contributed by atoms with Gasteiger partial charge in [-0.2, -0.15) is 0 Å². The average molecular weight is 253 g/mol. The van der Waals surface area contributed by atoms with Gasteiger partial charge in [0.15, 0.2) is 0 Å². The fourth-order valence-electron chi connectivity index (χ4n) is 3.17. The van der Waals surface area contributed by atoms with Crippen LogP contribution in [0.5, 0.6) is 0 Å². The van der Waals surface area contributed by atoms with E-state index >= 15 is 0 Å². The number of carbonyl (C=O) groups excluding carboxylic acids is 2. The van der Waals surface area contributed by atoms with Crippen LogP contribution in [0.1, 0.15) is 45.4 Å². The van der Waals surface area contributed by atoms with Crippen molar-refractivity contribution in [3.05, 3.63) is 0 Å². The predicted octanol–water partition coefficient (Wildman–Crippen LogP) is 1.23. The molecule has 0 aromatic rings. The molecule has 2 unspecified atom stereocenters. The lowest BCUT2D eigenvalue weighted by atomic mass is 9.72. The van der Waals surface area contributed by atoms with Gasteiger partial charge in [0.1, 0.15) is 5.54 Å². The number of urea groups is 1. The zero-order chi connectivity index (χ0) is 13.2. The molecule has 1 saturated carbocycles. The topological polar surface area (TPSA) is 75.4 Å². The van der Waals surface area contributed by atoms with Gasteiger partial charge in [-0.15, -0.1) is 0 Å². The molecular weight excluding hydrogens is 230 g/mol. The molecule has 2 atom stereocenters. The number of unbranched alkanes of at least 4 members (excludes halogenated alkanes) is 1. The number of nitrogens with zero attached hydrogens (tertiary/aromatic N) is 1. The first kappa shape index (κ1) is 13.3. The van der Waals surface area contributed by atoms with E-state index in [0.717, 1.165) is 38.5 Å². The second-order valence-electron chi connectivity index (χ2n) is 5.39. The van der Waals surface area contributed by atoms with E-state index in [-0.39, 0.29) is 17.9 Å². The van der Waals surface area contributed by atoms with E-state index in [9.17, 15) is 9.59 Å². The van der Waals surface area contributed by atoms with Gasteiger partial charge >= 0.3 is 6.03 Å². The van der Waals surface area contributed by atoms with Crippen LogP contribution in [0.2, 0.25) is 0 Å². The van der Waals surface area contributed by atoms with Crippen LogP contribution in [0.4, 0.5) is 4.79 Å². The first-order valence-corrected chi connectivity index (χ1v) is 7.00. The molecule has 0 aromatic carbocycles. The molecule has 2 aliphatic rings. The lowest BCUT2D eigenvalue weighted by molar-refractivity contribution is -0.134. The smallest absolute Gasteiger partial charge is 0.325 e. The molecule has 1 heterocycles. The molecule has 102 valence electrons. The van der Waals surface area contributed by atoms with Gasteiger partial charge in [0.25, 0.3) is 5.91 Å². The lowest BCUT2D eigenvalue weighted by Crippen LogP contribution is -2.57. The minimum absolute atomic E-state index is 0.0453. The van der Waals surface area contributed by atoms with Crippen molar-refractivity contribution in [3.63, 3.8) is 0 Å². The Hall–Kier alpha value is -1.10. The molecule has 2 rings (SSSR count). The highest BCUT2D eigenvalue weighted by molar-refractivity contribution is 6.07. The number of rotatable bonds is 4. The van der Waals surface area contributed by atoms with Crippen molar-refractivity contribution in [2.24, 2.45) is 11.7 Å². The SMILES string of the molecule is CCCCN1C(=O)NC2(CCCCC2CN)C1=O. The van der Waals surface area contributed by atoms with Crippen LogP contribution in [0.25, 0.3) is 0 Å². The molecule has 3 N–H and O–H groups in total. The minimum atomic E-state index is -0.697. The lowest BCUT2D eigenvalue weighted by Gasteiger charge is -2.38. The maximum atomic E-state index is 12.6. The zero-order valence-corrected chi connectivity index (χ0v) is 11.1. The molecule has 0 radical (unpaired) electrons. The van der Waals surface area contributed by atoms with E-state index in [1.54, 1.807) is 0 Å². The van der Waals surface area contributed by atoms with Crippen molar-refractivity contribution in [2.75, 3.05) is 13.1 Å². The molecule has 18 heavy (non-hydrogen) atoms. The normalized spacial score (nSPS) is 32.1. The number of nitrogens with one attached hydrogen (secondary N) is 1. The van der Waals surface area contributed by atoms with Gasteiger partial charge in [-0.1, -0.05) is 26.2 Å². The molecule has 2 fully saturated rings. The van der Waals surface area contributed by atoms with E-state index in [1.165, 1.54) is 4.90 Å². The molecule has 5 heteroatoms. The molecule has 5 nitrogen and oxygen atoms in total. The van der Waals surface area contributed by atoms with Crippen molar-refractivity contribution in [2.45, 2.75) is 51.0 Å². The van der Waals surface area contributed by atoms with Crippen molar-refractivity contribution >= 4 is 11.9 Å². The number of imide groups is 1. The van der Waals surface area contributed by atoms with E-state index in [2.05, 4.69) is 12.2 Å². The third-order valence-corrected chi connectivity index (χ3v) is 4.29. The van der Waals surface area contributed by atoms with Crippen molar-refractivity contribution in [1.29, 1.82) is 0 Å². The Labute approximate surface area is 108 Å². The van der Waals surface area contributed by atoms with Crippen LogP contribution in [0.3, 0.4) is 0 Å². The molecule has 0 aromatic heterocycles. The summed E-state index contributed by atoms with van der Waals surface area (Å²) in [5.74, 6) is 0.0467. The highest BCUT2D eigenvalue weighted by Crippen LogP contribution is 2.37. The van der Waals surface area contributed by atoms with Gasteiger partial charge < -0.3 is 11.1 Å². The van der Waals surface area contributed by atoms with Gasteiger partial charge in [0.05, 0.1) is 0 Å². The number of amides is 3. The van der Waals surface area contributed by atoms with Gasteiger partial charge in [-0.25, -0.2) is 4.79 Å². The summed E-state index contributed by atoms with van der Waals surface area (Å²) < 4.78 is 0. The summed E-state index contributed by atoms with van der Waals surface area (Å²) in [6.45, 7) is 3.05. The van der Waals surface area contributed by atoms with Crippen molar-refractivity contribution in [1.82, 2.24) is 10.2 Å². The second-order valence-corrected chi connectivity index (χ2v) is 5.39. The van der Waals surface area contributed by atoms with E-state index in [4.69, 9.17) is 5.73 Å². The zero-order valence-electron chi connectivity index (χ0n) is 11.1. The van der Waals surface area contributed by atoms with Gasteiger partial charge in [0.2, 0.25) is 0 Å². The second kappa shape index (κ2) is 5.26. The quantitative estimate of drug-likeness (QED) is 0.740. The van der Waals surface area contributed by atoms with Gasteiger partial charge in [0, 0.05) is 12.5 Å². The Morgan fingerprint density at radius 1 is 1.44 bits per heavy atom. The third kappa shape index (κ3) is 2.00. The number of carbonyl (C=O) groups is 2. The molecule has 1 spiro atoms.